The van der Waals surface area contributed by atoms with E-state index < -0.39 is 0 Å². The highest BCUT2D eigenvalue weighted by atomic mass is 15.0. The van der Waals surface area contributed by atoms with Crippen LogP contribution in [0.3, 0.4) is 0 Å². The number of rotatable bonds is 10. The minimum absolute atomic E-state index is 0.0000771. The zero-order chi connectivity index (χ0) is 66.7. The molecule has 3 aliphatic rings. The Kier molecular flexibility index (Phi) is 14.6. The van der Waals surface area contributed by atoms with Crippen LogP contribution < -0.4 is 0 Å². The molecule has 0 N–H and O–H groups in total. The summed E-state index contributed by atoms with van der Waals surface area (Å²) in [6.45, 7) is 4.63. The molecular formula is C92H62N8. The van der Waals surface area contributed by atoms with Crippen molar-refractivity contribution in [2.45, 2.75) is 24.7 Å². The summed E-state index contributed by atoms with van der Waals surface area (Å²) in [5, 5.41) is 0. The molecule has 4 heterocycles. The molecule has 0 aliphatic heterocycles. The molecule has 100 heavy (non-hydrogen) atoms. The van der Waals surface area contributed by atoms with Crippen LogP contribution in [-0.4, -0.2) is 39.9 Å². The molecule has 8 nitrogen and oxygen atoms in total. The predicted octanol–water partition coefficient (Wildman–Crippen LogP) is 21.9. The van der Waals surface area contributed by atoms with Crippen LogP contribution in [0.15, 0.2) is 340 Å². The quantitative estimate of drug-likeness (QED) is 0.133. The summed E-state index contributed by atoms with van der Waals surface area (Å²) in [4.78, 5) is 38.4. The van der Waals surface area contributed by atoms with Gasteiger partial charge >= 0.3 is 0 Å². The van der Waals surface area contributed by atoms with Gasteiger partial charge in [-0.05, 0) is 137 Å². The smallest absolute Gasteiger partial charge is 0.164 e. The summed E-state index contributed by atoms with van der Waals surface area (Å²) in [5.74, 6) is 3.84. The number of hydrogen-bond acceptors (Lipinski definition) is 8. The van der Waals surface area contributed by atoms with Gasteiger partial charge in [-0.1, -0.05) is 299 Å². The van der Waals surface area contributed by atoms with Crippen molar-refractivity contribution in [2.24, 2.45) is 0 Å². The predicted molar refractivity (Wildman–Crippen MR) is 403 cm³/mol. The summed E-state index contributed by atoms with van der Waals surface area (Å²) < 4.78 is 0. The molecule has 19 rings (SSSR count). The number of nitrogens with zero attached hydrogens (tertiary/aromatic N) is 8. The highest BCUT2D eigenvalue weighted by molar-refractivity contribution is 5.96. The van der Waals surface area contributed by atoms with Crippen LogP contribution in [0.5, 0.6) is 0 Å². The Labute approximate surface area is 580 Å². The van der Waals surface area contributed by atoms with Crippen molar-refractivity contribution in [1.29, 1.82) is 0 Å². The zero-order valence-corrected chi connectivity index (χ0v) is 54.9. The molecule has 470 valence electrons. The number of hydrogen-bond donors (Lipinski definition) is 0. The van der Waals surface area contributed by atoms with E-state index in [9.17, 15) is 0 Å². The number of benzene rings is 12. The summed E-state index contributed by atoms with van der Waals surface area (Å²) in [6, 6.07) is 113. The summed E-state index contributed by atoms with van der Waals surface area (Å²) in [7, 11) is 0. The third-order valence-corrected chi connectivity index (χ3v) is 20.1. The maximum Gasteiger partial charge on any atom is 0.164 e. The van der Waals surface area contributed by atoms with E-state index in [1.807, 2.05) is 122 Å². The highest BCUT2D eigenvalue weighted by Crippen LogP contribution is 2.63. The second-order valence-corrected chi connectivity index (χ2v) is 26.2. The molecule has 12 aromatic carbocycles. The third kappa shape index (κ3) is 10.3. The zero-order valence-electron chi connectivity index (χ0n) is 54.9. The first-order chi connectivity index (χ1) is 49.3. The molecule has 0 unspecified atom stereocenters. The molecule has 0 bridgehead atoms. The summed E-state index contributed by atoms with van der Waals surface area (Å²) >= 11 is 0. The Morgan fingerprint density at radius 2 is 0.480 bits per heavy atom. The molecule has 0 fully saturated rings. The van der Waals surface area contributed by atoms with Crippen molar-refractivity contribution in [2.75, 3.05) is 0 Å². The lowest BCUT2D eigenvalue weighted by Gasteiger charge is -2.30. The second-order valence-electron chi connectivity index (χ2n) is 26.2. The molecule has 8 heteroatoms. The van der Waals surface area contributed by atoms with Crippen LogP contribution in [0.1, 0.15) is 47.2 Å². The Bertz CT molecular complexity index is 5720. The van der Waals surface area contributed by atoms with E-state index in [1.54, 1.807) is 0 Å². The lowest BCUT2D eigenvalue weighted by molar-refractivity contribution is 0.660. The minimum Gasteiger partial charge on any atom is -0.265 e. The Hall–Kier alpha value is -13.0. The molecular weight excluding hydrogens is 1220 g/mol. The van der Waals surface area contributed by atoms with Crippen molar-refractivity contribution in [3.63, 3.8) is 0 Å². The standard InChI is InChI=1S/C51H32N4.C41H30N4/c1-2-10-36(11-3-1)48-53-49(37-22-18-33(19-23-37)35-28-30-52-31-29-35)55-50(54-48)38-24-20-34(21-25-38)39-26-27-47-43(32-39)42-14-6-9-17-46(42)51(47)44-15-7-4-12-40(44)41-13-5-8-16-45(41)51;1-41(2)35-13-7-6-12-33(35)34-26-32(23-24-36(34)41)27-15-19-30(20-16-27)39-43-38(29-10-4-3-5-11-29)44-40(45-39)31-21-17-28(18-22-31)37-14-8-9-25-42-37/h1-32H;3-26H,1-2H3. The van der Waals surface area contributed by atoms with Gasteiger partial charge in [0.1, 0.15) is 0 Å². The first kappa shape index (κ1) is 59.5. The van der Waals surface area contributed by atoms with Crippen LogP contribution in [0.25, 0.3) is 146 Å². The number of pyridine rings is 2. The minimum atomic E-state index is -0.340. The van der Waals surface area contributed by atoms with E-state index >= 15 is 0 Å². The lowest BCUT2D eigenvalue weighted by Crippen LogP contribution is -2.25. The first-order valence-corrected chi connectivity index (χ1v) is 33.9. The van der Waals surface area contributed by atoms with Gasteiger partial charge in [-0.3, -0.25) is 9.97 Å². The fourth-order valence-corrected chi connectivity index (χ4v) is 15.2. The summed E-state index contributed by atoms with van der Waals surface area (Å²) in [6.07, 6.45) is 5.43. The first-order valence-electron chi connectivity index (χ1n) is 33.9. The van der Waals surface area contributed by atoms with Gasteiger partial charge < -0.3 is 0 Å². The van der Waals surface area contributed by atoms with Crippen molar-refractivity contribution in [3.05, 3.63) is 373 Å². The fraction of sp³-hybridized carbons (Fsp3) is 0.0435. The lowest BCUT2D eigenvalue weighted by atomic mass is 9.70. The van der Waals surface area contributed by atoms with Gasteiger partial charge in [0.2, 0.25) is 0 Å². The Morgan fingerprint density at radius 1 is 0.200 bits per heavy atom. The van der Waals surface area contributed by atoms with Gasteiger partial charge in [0.15, 0.2) is 34.9 Å². The second kappa shape index (κ2) is 24.6. The van der Waals surface area contributed by atoms with Crippen LogP contribution in [-0.2, 0) is 10.8 Å². The topological polar surface area (TPSA) is 103 Å². The van der Waals surface area contributed by atoms with Crippen molar-refractivity contribution in [1.82, 2.24) is 39.9 Å². The van der Waals surface area contributed by atoms with E-state index in [-0.39, 0.29) is 10.8 Å². The molecule has 3 aliphatic carbocycles. The van der Waals surface area contributed by atoms with Crippen LogP contribution >= 0.6 is 0 Å². The van der Waals surface area contributed by atoms with Crippen molar-refractivity contribution < 1.29 is 0 Å². The van der Waals surface area contributed by atoms with E-state index in [0.29, 0.717) is 34.9 Å². The molecule has 0 saturated carbocycles. The van der Waals surface area contributed by atoms with Gasteiger partial charge in [-0.25, -0.2) is 29.9 Å². The van der Waals surface area contributed by atoms with E-state index in [2.05, 4.69) is 242 Å². The maximum absolute atomic E-state index is 5.02. The maximum atomic E-state index is 5.02. The normalized spacial score (nSPS) is 12.9. The molecule has 1 spiro atoms. The Morgan fingerprint density at radius 3 is 0.900 bits per heavy atom. The van der Waals surface area contributed by atoms with Crippen LogP contribution in [0, 0.1) is 0 Å². The van der Waals surface area contributed by atoms with Crippen molar-refractivity contribution >= 4 is 0 Å². The molecule has 0 amide bonds. The van der Waals surface area contributed by atoms with Crippen LogP contribution in [0.4, 0.5) is 0 Å². The van der Waals surface area contributed by atoms with Gasteiger partial charge in [0, 0.05) is 62.9 Å². The summed E-state index contributed by atoms with van der Waals surface area (Å²) in [5.41, 5.74) is 30.2. The third-order valence-electron chi connectivity index (χ3n) is 20.1. The van der Waals surface area contributed by atoms with Crippen molar-refractivity contribution in [3.8, 4) is 146 Å². The number of fused-ring (bicyclic) bond motifs is 13. The average molecular weight is 1280 g/mol. The average Bonchev–Trinajstić information content (AvgIpc) is 1.51. The van der Waals surface area contributed by atoms with Gasteiger partial charge in [0.25, 0.3) is 0 Å². The highest BCUT2D eigenvalue weighted by Gasteiger charge is 2.51. The van der Waals surface area contributed by atoms with E-state index in [4.69, 9.17) is 29.9 Å². The van der Waals surface area contributed by atoms with E-state index in [0.717, 1.165) is 66.9 Å². The molecule has 0 saturated heterocycles. The monoisotopic (exact) mass is 1280 g/mol. The largest absolute Gasteiger partial charge is 0.265 e. The van der Waals surface area contributed by atoms with Crippen LogP contribution in [0.2, 0.25) is 0 Å². The van der Waals surface area contributed by atoms with E-state index in [1.165, 1.54) is 77.9 Å². The molecule has 0 radical (unpaired) electrons. The Balaban J connectivity index is 0.000000147. The van der Waals surface area contributed by atoms with Gasteiger partial charge in [0.05, 0.1) is 11.1 Å². The molecule has 16 aromatic rings. The molecule has 4 aromatic heterocycles. The fourth-order valence-electron chi connectivity index (χ4n) is 15.2. The van der Waals surface area contributed by atoms with Gasteiger partial charge in [-0.2, -0.15) is 0 Å². The van der Waals surface area contributed by atoms with Gasteiger partial charge in [-0.15, -0.1) is 0 Å². The SMILES string of the molecule is CC1(C)c2ccccc2-c2cc(-c3ccc(-c4nc(-c5ccccc5)nc(-c5ccc(-c6ccccn6)cc5)n4)cc3)ccc21.c1ccc(-c2nc(-c3ccc(-c4ccncc4)cc3)nc(-c3ccc(-c4ccc5c(c4)-c4ccccc4C54c5ccccc5-c5ccccc54)cc3)n2)cc1. The molecule has 0 atom stereocenters. The number of aromatic nitrogens is 8.